The van der Waals surface area contributed by atoms with Crippen LogP contribution in [0, 0.1) is 18.8 Å². The standard InChI is InChI=1S/C24H31N7O3/c1-16-11-19(29-24(28-16)31-10-7-27-14-31)22-18(23(32)25-2)5-8-30(22)9-6-26-13-17-3-4-20-21(12-17)34-15-33-20/h3-4,7,10-11,14,17-18,22,26H,5-6,8-9,12-13,15H2,1-2H3,(H,25,32)/t17-,18?,22?/m1/s1. The molecule has 0 radical (unpaired) electrons. The summed E-state index contributed by atoms with van der Waals surface area (Å²) in [6, 6.07) is 1.89. The molecule has 5 rings (SSSR count). The van der Waals surface area contributed by atoms with Crippen LogP contribution in [0.5, 0.6) is 0 Å². The zero-order valence-electron chi connectivity index (χ0n) is 19.6. The molecule has 2 aromatic rings. The fraction of sp³-hybridized carbons (Fsp3) is 0.500. The molecule has 10 heteroatoms. The number of hydrogen-bond donors (Lipinski definition) is 2. The highest BCUT2D eigenvalue weighted by atomic mass is 16.7. The van der Waals surface area contributed by atoms with Gasteiger partial charge in [-0.1, -0.05) is 6.08 Å². The molecule has 0 bridgehead atoms. The van der Waals surface area contributed by atoms with Crippen LogP contribution in [-0.2, 0) is 14.3 Å². The van der Waals surface area contributed by atoms with Crippen LogP contribution >= 0.6 is 0 Å². The lowest BCUT2D eigenvalue weighted by atomic mass is 9.96. The number of allylic oxidation sites excluding steroid dienone is 2. The molecule has 2 N–H and O–H groups in total. The molecule has 2 aromatic heterocycles. The Morgan fingerprint density at radius 2 is 2.21 bits per heavy atom. The summed E-state index contributed by atoms with van der Waals surface area (Å²) in [7, 11) is 1.70. The minimum absolute atomic E-state index is 0.0520. The quantitative estimate of drug-likeness (QED) is 0.565. The number of aromatic nitrogens is 4. The van der Waals surface area contributed by atoms with Crippen molar-refractivity contribution < 1.29 is 14.3 Å². The second-order valence-corrected chi connectivity index (χ2v) is 8.92. The molecule has 4 heterocycles. The summed E-state index contributed by atoms with van der Waals surface area (Å²) in [4.78, 5) is 28.6. The van der Waals surface area contributed by atoms with E-state index >= 15 is 0 Å². The predicted octanol–water partition coefficient (Wildman–Crippen LogP) is 1.46. The number of likely N-dealkylation sites (tertiary alicyclic amines) is 1. The monoisotopic (exact) mass is 465 g/mol. The summed E-state index contributed by atoms with van der Waals surface area (Å²) < 4.78 is 12.8. The largest absolute Gasteiger partial charge is 0.458 e. The number of carbonyl (C=O) groups excluding carboxylic acids is 1. The van der Waals surface area contributed by atoms with Crippen molar-refractivity contribution >= 4 is 5.91 Å². The molecule has 10 nitrogen and oxygen atoms in total. The highest BCUT2D eigenvalue weighted by molar-refractivity contribution is 5.79. The molecule has 180 valence electrons. The van der Waals surface area contributed by atoms with Gasteiger partial charge in [0.2, 0.25) is 18.6 Å². The summed E-state index contributed by atoms with van der Waals surface area (Å²) in [6.07, 6.45) is 11.1. The summed E-state index contributed by atoms with van der Waals surface area (Å²) >= 11 is 0. The summed E-state index contributed by atoms with van der Waals surface area (Å²) in [5.41, 5.74) is 1.74. The maximum Gasteiger partial charge on any atom is 0.235 e. The fourth-order valence-electron chi connectivity index (χ4n) is 4.98. The molecule has 3 aliphatic rings. The number of carbonyl (C=O) groups is 1. The van der Waals surface area contributed by atoms with Crippen molar-refractivity contribution in [3.63, 3.8) is 0 Å². The van der Waals surface area contributed by atoms with Crippen molar-refractivity contribution in [3.8, 4) is 5.95 Å². The molecule has 1 fully saturated rings. The van der Waals surface area contributed by atoms with Gasteiger partial charge >= 0.3 is 0 Å². The third kappa shape index (κ3) is 4.69. The van der Waals surface area contributed by atoms with Gasteiger partial charge in [-0.25, -0.2) is 15.0 Å². The number of ether oxygens (including phenoxy) is 2. The second-order valence-electron chi connectivity index (χ2n) is 8.92. The van der Waals surface area contributed by atoms with Gasteiger partial charge in [0, 0.05) is 51.2 Å². The molecule has 0 spiro atoms. The van der Waals surface area contributed by atoms with Crippen LogP contribution in [0.4, 0.5) is 0 Å². The molecular formula is C24H31N7O3. The lowest BCUT2D eigenvalue weighted by Crippen LogP contribution is -2.38. The zero-order valence-corrected chi connectivity index (χ0v) is 19.6. The second kappa shape index (κ2) is 9.94. The van der Waals surface area contributed by atoms with E-state index in [-0.39, 0.29) is 17.9 Å². The first kappa shape index (κ1) is 22.5. The van der Waals surface area contributed by atoms with E-state index in [0.717, 1.165) is 61.9 Å². The third-order valence-corrected chi connectivity index (χ3v) is 6.66. The van der Waals surface area contributed by atoms with E-state index in [0.29, 0.717) is 18.7 Å². The van der Waals surface area contributed by atoms with Gasteiger partial charge in [-0.05, 0) is 37.9 Å². The molecule has 2 aliphatic heterocycles. The van der Waals surface area contributed by atoms with Gasteiger partial charge in [0.1, 0.15) is 12.1 Å². The Balaban J connectivity index is 1.25. The highest BCUT2D eigenvalue weighted by Gasteiger charge is 2.40. The van der Waals surface area contributed by atoms with Gasteiger partial charge in [0.05, 0.1) is 17.7 Å². The molecular weight excluding hydrogens is 434 g/mol. The topological polar surface area (TPSA) is 106 Å². The number of nitrogens with one attached hydrogen (secondary N) is 2. The van der Waals surface area contributed by atoms with Crippen molar-refractivity contribution in [3.05, 3.63) is 59.8 Å². The Morgan fingerprint density at radius 3 is 3.03 bits per heavy atom. The Morgan fingerprint density at radius 1 is 1.29 bits per heavy atom. The van der Waals surface area contributed by atoms with E-state index in [2.05, 4.69) is 31.6 Å². The van der Waals surface area contributed by atoms with Gasteiger partial charge in [-0.3, -0.25) is 14.3 Å². The van der Waals surface area contributed by atoms with E-state index in [9.17, 15) is 4.79 Å². The summed E-state index contributed by atoms with van der Waals surface area (Å²) in [5.74, 6) is 2.68. The summed E-state index contributed by atoms with van der Waals surface area (Å²) in [6.45, 7) is 5.64. The Kier molecular flexibility index (Phi) is 6.59. The van der Waals surface area contributed by atoms with Crippen molar-refractivity contribution in [2.75, 3.05) is 40.0 Å². The van der Waals surface area contributed by atoms with Gasteiger partial charge in [0.25, 0.3) is 0 Å². The van der Waals surface area contributed by atoms with E-state index in [4.69, 9.17) is 14.5 Å². The van der Waals surface area contributed by atoms with Crippen LogP contribution in [0.25, 0.3) is 5.95 Å². The van der Waals surface area contributed by atoms with Crippen LogP contribution in [-0.4, -0.2) is 70.3 Å². The molecule has 2 unspecified atom stereocenters. The van der Waals surface area contributed by atoms with E-state index in [1.54, 1.807) is 24.1 Å². The molecule has 34 heavy (non-hydrogen) atoms. The average Bonchev–Trinajstić information content (AvgIpc) is 3.61. The minimum atomic E-state index is -0.152. The van der Waals surface area contributed by atoms with Crippen LogP contribution < -0.4 is 10.6 Å². The molecule has 0 saturated carbocycles. The van der Waals surface area contributed by atoms with Gasteiger partial charge in [-0.2, -0.15) is 0 Å². The van der Waals surface area contributed by atoms with Gasteiger partial charge in [-0.15, -0.1) is 0 Å². The fourth-order valence-corrected chi connectivity index (χ4v) is 4.98. The molecule has 1 amide bonds. The normalized spacial score (nSPS) is 24.1. The first-order chi connectivity index (χ1) is 16.6. The number of rotatable bonds is 8. The number of amides is 1. The number of hydrogen-bond acceptors (Lipinski definition) is 8. The van der Waals surface area contributed by atoms with E-state index in [1.807, 2.05) is 25.3 Å². The van der Waals surface area contributed by atoms with Crippen LogP contribution in [0.2, 0.25) is 0 Å². The van der Waals surface area contributed by atoms with Crippen molar-refractivity contribution in [1.29, 1.82) is 0 Å². The first-order valence-corrected chi connectivity index (χ1v) is 11.8. The van der Waals surface area contributed by atoms with Crippen molar-refractivity contribution in [2.24, 2.45) is 11.8 Å². The van der Waals surface area contributed by atoms with Gasteiger partial charge in [0.15, 0.2) is 5.76 Å². The number of imidazole rings is 1. The maximum atomic E-state index is 12.7. The predicted molar refractivity (Wildman–Crippen MR) is 125 cm³/mol. The molecule has 0 aromatic carbocycles. The van der Waals surface area contributed by atoms with Crippen LogP contribution in [0.1, 0.15) is 30.3 Å². The van der Waals surface area contributed by atoms with Crippen LogP contribution in [0.3, 0.4) is 0 Å². The molecule has 3 atom stereocenters. The van der Waals surface area contributed by atoms with Gasteiger partial charge < -0.3 is 20.1 Å². The van der Waals surface area contributed by atoms with Crippen molar-refractivity contribution in [1.82, 2.24) is 35.1 Å². The minimum Gasteiger partial charge on any atom is -0.458 e. The Bertz CT molecular complexity index is 1080. The lowest BCUT2D eigenvalue weighted by molar-refractivity contribution is -0.125. The maximum absolute atomic E-state index is 12.7. The zero-order chi connectivity index (χ0) is 23.5. The van der Waals surface area contributed by atoms with Crippen LogP contribution in [0.15, 0.2) is 48.5 Å². The number of aryl methyl sites for hydroxylation is 1. The smallest absolute Gasteiger partial charge is 0.235 e. The van der Waals surface area contributed by atoms with E-state index < -0.39 is 0 Å². The first-order valence-electron chi connectivity index (χ1n) is 11.8. The molecule has 1 aliphatic carbocycles. The van der Waals surface area contributed by atoms with E-state index in [1.165, 1.54) is 0 Å². The summed E-state index contributed by atoms with van der Waals surface area (Å²) in [5, 5.41) is 6.42. The van der Waals surface area contributed by atoms with Crippen molar-refractivity contribution in [2.45, 2.75) is 25.8 Å². The highest BCUT2D eigenvalue weighted by Crippen LogP contribution is 2.37. The number of nitrogens with zero attached hydrogens (tertiary/aromatic N) is 5. The third-order valence-electron chi connectivity index (χ3n) is 6.66. The molecule has 1 saturated heterocycles. The lowest BCUT2D eigenvalue weighted by Gasteiger charge is -2.28. The Labute approximate surface area is 199 Å². The Hall–Kier alpha value is -3.24. The SMILES string of the molecule is CNC(=O)C1CCN(CCNC[C@@H]2C=CC3=C(C2)OCO3)C1c1cc(C)nc(-n2ccnc2)n1. The average molecular weight is 466 g/mol.